The van der Waals surface area contributed by atoms with E-state index in [0.717, 1.165) is 17.2 Å². The smallest absolute Gasteiger partial charge is 0.155 e. The molecule has 5 rings (SSSR count). The summed E-state index contributed by atoms with van der Waals surface area (Å²) in [6, 6.07) is 17.2. The van der Waals surface area contributed by atoms with Crippen LogP contribution in [-0.4, -0.2) is 15.9 Å². The van der Waals surface area contributed by atoms with E-state index < -0.39 is 0 Å². The minimum Gasteiger partial charge on any atom is -0.512 e. The summed E-state index contributed by atoms with van der Waals surface area (Å²) in [5, 5.41) is 10.9. The summed E-state index contributed by atoms with van der Waals surface area (Å²) in [6.07, 6.45) is 10.1. The molecule has 3 nitrogen and oxygen atoms in total. The Balaban J connectivity index is 0.000000337. The Kier molecular flexibility index (Phi) is 7.92. The third kappa shape index (κ3) is 5.62. The number of allylic oxidation sites excluding steroid dienone is 2. The molecule has 0 saturated heterocycles. The van der Waals surface area contributed by atoms with E-state index in [4.69, 9.17) is 10.1 Å². The van der Waals surface area contributed by atoms with E-state index in [1.165, 1.54) is 73.9 Å². The number of aliphatic hydroxyl groups excluding tert-OH is 1. The normalized spacial score (nSPS) is 21.3. The van der Waals surface area contributed by atoms with Crippen LogP contribution in [0.5, 0.6) is 0 Å². The molecule has 2 aliphatic carbocycles. The molecule has 4 heteroatoms. The number of aryl methyl sites for hydroxylation is 2. The summed E-state index contributed by atoms with van der Waals surface area (Å²) in [7, 11) is 0. The fourth-order valence-electron chi connectivity index (χ4n) is 5.63. The summed E-state index contributed by atoms with van der Waals surface area (Å²) in [6.45, 7) is 7.11. The second-order valence-electron chi connectivity index (χ2n) is 9.67. The number of aromatic nitrogens is 1. The number of fused-ring (bicyclic) bond motifs is 3. The second kappa shape index (κ2) is 10.3. The molecule has 0 spiro atoms. The van der Waals surface area contributed by atoms with Gasteiger partial charge in [0, 0.05) is 32.4 Å². The molecular formula is C29H32IrNO2-. The van der Waals surface area contributed by atoms with Gasteiger partial charge in [0.1, 0.15) is 0 Å². The Morgan fingerprint density at radius 1 is 1.12 bits per heavy atom. The van der Waals surface area contributed by atoms with E-state index in [2.05, 4.69) is 56.3 Å². The van der Waals surface area contributed by atoms with Gasteiger partial charge in [0.05, 0.1) is 5.76 Å². The van der Waals surface area contributed by atoms with Gasteiger partial charge in [-0.2, -0.15) is 0 Å². The predicted molar refractivity (Wildman–Crippen MR) is 131 cm³/mol. The van der Waals surface area contributed by atoms with E-state index >= 15 is 0 Å². The van der Waals surface area contributed by atoms with Crippen molar-refractivity contribution in [3.63, 3.8) is 0 Å². The molecule has 0 aliphatic heterocycles. The number of carbonyl (C=O) groups is 1. The standard InChI is InChI=1S/C24H24N.C5H8O2.Ir/c1-16-11-17(2)13-20(12-16)23-22-14-21(4-3-19(22)7-10-25-23)24-8-5-18(15-24)6-9-24;1-4(6)3-5(2)7;/h3-4,7,10-12,14,18H,5-6,8-9,15H2,1-2H3;3,6H,1-2H3;/q-1;;/b;4-3-;. The minimum absolute atomic E-state index is 0. The fraction of sp³-hybridized carbons (Fsp3) is 0.379. The Morgan fingerprint density at radius 3 is 2.39 bits per heavy atom. The van der Waals surface area contributed by atoms with E-state index in [0.29, 0.717) is 5.41 Å². The Bertz CT molecular complexity index is 1170. The maximum absolute atomic E-state index is 10.0. The van der Waals surface area contributed by atoms with E-state index in [-0.39, 0.29) is 31.6 Å². The molecular weight excluding hydrogens is 587 g/mol. The van der Waals surface area contributed by atoms with Crippen molar-refractivity contribution in [1.29, 1.82) is 0 Å². The van der Waals surface area contributed by atoms with Gasteiger partial charge >= 0.3 is 0 Å². The van der Waals surface area contributed by atoms with Gasteiger partial charge in [-0.05, 0) is 85.4 Å². The number of hydrogen-bond acceptors (Lipinski definition) is 3. The van der Waals surface area contributed by atoms with Crippen LogP contribution >= 0.6 is 0 Å². The number of pyridine rings is 1. The van der Waals surface area contributed by atoms with Crippen LogP contribution in [0.1, 0.15) is 62.6 Å². The molecule has 2 bridgehead atoms. The summed E-state index contributed by atoms with van der Waals surface area (Å²) in [4.78, 5) is 14.8. The van der Waals surface area contributed by atoms with Gasteiger partial charge < -0.3 is 10.1 Å². The zero-order valence-corrected chi connectivity index (χ0v) is 22.3. The molecule has 1 heterocycles. The van der Waals surface area contributed by atoms with Crippen molar-refractivity contribution in [2.45, 2.75) is 65.2 Å². The first kappa shape index (κ1) is 25.3. The monoisotopic (exact) mass is 619 g/mol. The molecule has 33 heavy (non-hydrogen) atoms. The first-order valence-corrected chi connectivity index (χ1v) is 11.5. The molecule has 3 aromatic rings. The van der Waals surface area contributed by atoms with E-state index in [9.17, 15) is 4.79 Å². The van der Waals surface area contributed by atoms with Gasteiger partial charge in [-0.15, -0.1) is 34.9 Å². The molecule has 1 aromatic heterocycles. The van der Waals surface area contributed by atoms with Crippen molar-refractivity contribution in [2.24, 2.45) is 5.92 Å². The van der Waals surface area contributed by atoms with Crippen LogP contribution in [0.25, 0.3) is 22.0 Å². The molecule has 0 atom stereocenters. The van der Waals surface area contributed by atoms with Crippen LogP contribution in [0.3, 0.4) is 0 Å². The van der Waals surface area contributed by atoms with Crippen molar-refractivity contribution in [3.05, 3.63) is 77.2 Å². The average Bonchev–Trinajstić information content (AvgIpc) is 3.34. The third-order valence-electron chi connectivity index (χ3n) is 6.94. The zero-order chi connectivity index (χ0) is 22.9. The number of nitrogens with zero attached hydrogens (tertiary/aromatic N) is 1. The van der Waals surface area contributed by atoms with Crippen LogP contribution in [-0.2, 0) is 30.3 Å². The third-order valence-corrected chi connectivity index (χ3v) is 6.94. The number of hydrogen-bond donors (Lipinski definition) is 1. The molecule has 2 fully saturated rings. The number of carbonyl (C=O) groups excluding carboxylic acids is 1. The van der Waals surface area contributed by atoms with Crippen molar-refractivity contribution in [3.8, 4) is 11.3 Å². The van der Waals surface area contributed by atoms with Crippen molar-refractivity contribution < 1.29 is 30.0 Å². The summed E-state index contributed by atoms with van der Waals surface area (Å²) < 4.78 is 0. The average molecular weight is 619 g/mol. The molecule has 2 aromatic carbocycles. The topological polar surface area (TPSA) is 50.2 Å². The van der Waals surface area contributed by atoms with Crippen molar-refractivity contribution in [2.75, 3.05) is 0 Å². The maximum Gasteiger partial charge on any atom is 0.155 e. The molecule has 0 amide bonds. The molecule has 2 saturated carbocycles. The van der Waals surface area contributed by atoms with Gasteiger partial charge in [-0.3, -0.25) is 4.79 Å². The van der Waals surface area contributed by atoms with Crippen molar-refractivity contribution in [1.82, 2.24) is 4.98 Å². The second-order valence-corrected chi connectivity index (χ2v) is 9.67. The number of rotatable bonds is 3. The minimum atomic E-state index is -0.125. The largest absolute Gasteiger partial charge is 0.512 e. The number of benzene rings is 2. The van der Waals surface area contributed by atoms with E-state index in [1.54, 1.807) is 5.56 Å². The predicted octanol–water partition coefficient (Wildman–Crippen LogP) is 7.19. The maximum atomic E-state index is 10.0. The Hall–Kier alpha value is -2.29. The van der Waals surface area contributed by atoms with Gasteiger partial charge in [0.25, 0.3) is 0 Å². The first-order chi connectivity index (χ1) is 15.3. The summed E-state index contributed by atoms with van der Waals surface area (Å²) >= 11 is 0. The zero-order valence-electron chi connectivity index (χ0n) is 19.9. The van der Waals surface area contributed by atoms with Crippen LogP contribution in [0.15, 0.2) is 54.4 Å². The fourth-order valence-corrected chi connectivity index (χ4v) is 5.63. The Morgan fingerprint density at radius 2 is 1.85 bits per heavy atom. The SMILES string of the molecule is CC(=O)/C=C(/C)O.Cc1[c-]c(-c2nccc3ccc(C45CCC(CC4)C5)cc23)cc(C)c1.[Ir]. The molecule has 1 radical (unpaired) electrons. The van der Waals surface area contributed by atoms with E-state index in [1.807, 2.05) is 6.20 Å². The van der Waals surface area contributed by atoms with Crippen LogP contribution in [0.2, 0.25) is 0 Å². The molecule has 0 unspecified atom stereocenters. The van der Waals surface area contributed by atoms with Crippen LogP contribution in [0, 0.1) is 25.8 Å². The van der Waals surface area contributed by atoms with Crippen molar-refractivity contribution >= 4 is 16.6 Å². The molecule has 1 N–H and O–H groups in total. The van der Waals surface area contributed by atoms with Crippen LogP contribution < -0.4 is 0 Å². The van der Waals surface area contributed by atoms with Gasteiger partial charge in [-0.25, -0.2) is 0 Å². The number of ketones is 1. The summed E-state index contributed by atoms with van der Waals surface area (Å²) in [5.74, 6) is 0.907. The Labute approximate surface area is 210 Å². The molecule has 2 aliphatic rings. The van der Waals surface area contributed by atoms with Crippen LogP contribution in [0.4, 0.5) is 0 Å². The molecule has 175 valence electrons. The quantitative estimate of drug-likeness (QED) is 0.192. The number of aliphatic hydroxyl groups is 1. The van der Waals surface area contributed by atoms with Gasteiger partial charge in [-0.1, -0.05) is 32.0 Å². The first-order valence-electron chi connectivity index (χ1n) is 11.5. The summed E-state index contributed by atoms with van der Waals surface area (Å²) in [5.41, 5.74) is 6.63. The van der Waals surface area contributed by atoms with Gasteiger partial charge in [0.15, 0.2) is 5.78 Å². The van der Waals surface area contributed by atoms with Gasteiger partial charge in [0.2, 0.25) is 0 Å².